The summed E-state index contributed by atoms with van der Waals surface area (Å²) in [5, 5.41) is 5.18. The zero-order valence-corrected chi connectivity index (χ0v) is 16.4. The van der Waals surface area contributed by atoms with E-state index in [1.165, 1.54) is 24.6 Å². The largest absolute Gasteiger partial charge is 0.368 e. The zero-order valence-electron chi connectivity index (χ0n) is 15.5. The predicted octanol–water partition coefficient (Wildman–Crippen LogP) is 2.89. The molecule has 1 aliphatic rings. The fourth-order valence-corrected chi connectivity index (χ4v) is 3.45. The Kier molecular flexibility index (Phi) is 4.69. The van der Waals surface area contributed by atoms with Crippen LogP contribution in [0.2, 0.25) is 0 Å². The van der Waals surface area contributed by atoms with Crippen LogP contribution in [0, 0.1) is 0 Å². The van der Waals surface area contributed by atoms with E-state index in [2.05, 4.69) is 20.3 Å². The molecule has 1 atom stereocenters. The van der Waals surface area contributed by atoms with E-state index in [4.69, 9.17) is 15.7 Å². The molecule has 3 aromatic rings. The van der Waals surface area contributed by atoms with E-state index in [1.807, 2.05) is 50.2 Å². The van der Waals surface area contributed by atoms with Gasteiger partial charge in [-0.3, -0.25) is 0 Å². The molecule has 0 aliphatic heterocycles. The highest BCUT2D eigenvalue weighted by atomic mass is 32.2. The van der Waals surface area contributed by atoms with Gasteiger partial charge in [0.15, 0.2) is 5.16 Å². The van der Waals surface area contributed by atoms with Crippen molar-refractivity contribution in [3.05, 3.63) is 30.1 Å². The van der Waals surface area contributed by atoms with Crippen molar-refractivity contribution in [2.45, 2.75) is 36.2 Å². The Morgan fingerprint density at radius 1 is 1.11 bits per heavy atom. The van der Waals surface area contributed by atoms with Gasteiger partial charge in [0.2, 0.25) is 11.9 Å². The molecule has 2 aromatic heterocycles. The number of nitrogens with zero attached hydrogens (tertiary/aromatic N) is 6. The number of nitrogens with two attached hydrogens (primary N) is 1. The van der Waals surface area contributed by atoms with Gasteiger partial charge in [-0.15, -0.1) is 0 Å². The van der Waals surface area contributed by atoms with Gasteiger partial charge in [0.05, 0.1) is 10.8 Å². The number of nitrogens with one attached hydrogen (secondary N) is 1. The van der Waals surface area contributed by atoms with Crippen LogP contribution in [0.5, 0.6) is 0 Å². The summed E-state index contributed by atoms with van der Waals surface area (Å²) in [4.78, 5) is 24.2. The SMILES string of the molecule is C[C@@H](Sc1nc(NC2CC2)c2ccccc2n1)c1nc(N)nc(N(C)C)n1. The quantitative estimate of drug-likeness (QED) is 0.491. The molecule has 140 valence electrons. The zero-order chi connectivity index (χ0) is 19.0. The molecule has 1 aromatic carbocycles. The predicted molar refractivity (Wildman–Crippen MR) is 109 cm³/mol. The fraction of sp³-hybridized carbons (Fsp3) is 0.389. The van der Waals surface area contributed by atoms with Crippen LogP contribution in [0.15, 0.2) is 29.4 Å². The molecule has 1 aliphatic carbocycles. The Bertz CT molecular complexity index is 973. The van der Waals surface area contributed by atoms with Gasteiger partial charge in [0.1, 0.15) is 11.6 Å². The molecule has 0 bridgehead atoms. The molecule has 1 saturated carbocycles. The van der Waals surface area contributed by atoms with E-state index in [9.17, 15) is 0 Å². The van der Waals surface area contributed by atoms with Crippen LogP contribution in [0.1, 0.15) is 30.8 Å². The van der Waals surface area contributed by atoms with Gasteiger partial charge in [-0.05, 0) is 31.9 Å². The molecule has 4 rings (SSSR count). The molecule has 0 spiro atoms. The number of hydrogen-bond donors (Lipinski definition) is 2. The van der Waals surface area contributed by atoms with E-state index in [0.717, 1.165) is 16.7 Å². The average molecular weight is 382 g/mol. The van der Waals surface area contributed by atoms with Gasteiger partial charge in [-0.2, -0.15) is 15.0 Å². The fourth-order valence-electron chi connectivity index (χ4n) is 2.63. The van der Waals surface area contributed by atoms with E-state index >= 15 is 0 Å². The monoisotopic (exact) mass is 382 g/mol. The number of para-hydroxylation sites is 1. The number of nitrogen functional groups attached to an aromatic ring is 1. The Hall–Kier alpha value is -2.68. The Morgan fingerprint density at radius 3 is 2.63 bits per heavy atom. The van der Waals surface area contributed by atoms with Crippen LogP contribution in [-0.4, -0.2) is 45.1 Å². The lowest BCUT2D eigenvalue weighted by atomic mass is 10.2. The van der Waals surface area contributed by atoms with Gasteiger partial charge >= 0.3 is 0 Å². The molecule has 0 unspecified atom stereocenters. The van der Waals surface area contributed by atoms with Crippen LogP contribution in [0.4, 0.5) is 17.7 Å². The van der Waals surface area contributed by atoms with Gasteiger partial charge in [-0.1, -0.05) is 23.9 Å². The van der Waals surface area contributed by atoms with Crippen molar-refractivity contribution in [1.29, 1.82) is 0 Å². The molecule has 27 heavy (non-hydrogen) atoms. The molecule has 0 saturated heterocycles. The summed E-state index contributed by atoms with van der Waals surface area (Å²) >= 11 is 1.51. The van der Waals surface area contributed by atoms with Crippen molar-refractivity contribution in [2.24, 2.45) is 0 Å². The van der Waals surface area contributed by atoms with Crippen molar-refractivity contribution in [1.82, 2.24) is 24.9 Å². The summed E-state index contributed by atoms with van der Waals surface area (Å²) in [6.07, 6.45) is 2.38. The van der Waals surface area contributed by atoms with Crippen LogP contribution < -0.4 is 16.0 Å². The second-order valence-electron chi connectivity index (χ2n) is 6.80. The van der Waals surface area contributed by atoms with E-state index in [1.54, 1.807) is 0 Å². The average Bonchev–Trinajstić information content (AvgIpc) is 3.45. The third-order valence-corrected chi connectivity index (χ3v) is 5.16. The molecule has 3 N–H and O–H groups in total. The lowest BCUT2D eigenvalue weighted by Gasteiger charge is -2.15. The smallest absolute Gasteiger partial charge is 0.229 e. The van der Waals surface area contributed by atoms with Crippen molar-refractivity contribution >= 4 is 40.4 Å². The summed E-state index contributed by atoms with van der Waals surface area (Å²) < 4.78 is 0. The number of fused-ring (bicyclic) bond motifs is 1. The minimum absolute atomic E-state index is 0.0658. The maximum absolute atomic E-state index is 5.85. The highest BCUT2D eigenvalue weighted by Crippen LogP contribution is 2.35. The first-order valence-electron chi connectivity index (χ1n) is 8.88. The minimum atomic E-state index is -0.0658. The topological polar surface area (TPSA) is 106 Å². The first-order chi connectivity index (χ1) is 13.0. The summed E-state index contributed by atoms with van der Waals surface area (Å²) in [6.45, 7) is 2.02. The molecule has 0 radical (unpaired) electrons. The Labute approximate surface area is 162 Å². The second kappa shape index (κ2) is 7.15. The molecule has 8 nitrogen and oxygen atoms in total. The number of anilines is 3. The van der Waals surface area contributed by atoms with Crippen molar-refractivity contribution in [3.8, 4) is 0 Å². The summed E-state index contributed by atoms with van der Waals surface area (Å²) in [5.41, 5.74) is 6.77. The third-order valence-electron chi connectivity index (χ3n) is 4.20. The van der Waals surface area contributed by atoms with E-state index in [-0.39, 0.29) is 11.2 Å². The molecular weight excluding hydrogens is 360 g/mol. The Morgan fingerprint density at radius 2 is 1.89 bits per heavy atom. The van der Waals surface area contributed by atoms with Gasteiger partial charge in [0, 0.05) is 25.5 Å². The first kappa shape index (κ1) is 17.7. The van der Waals surface area contributed by atoms with Crippen LogP contribution in [-0.2, 0) is 0 Å². The standard InChI is InChI=1S/C18H22N8S/c1-10(14-22-16(19)25-17(23-14)26(2)3)27-18-21-13-7-5-4-6-12(13)15(24-18)20-11-8-9-11/h4-7,10-11H,8-9H2,1-3H3,(H,20,21,24)(H2,19,22,23,25)/t10-/m1/s1. The maximum atomic E-state index is 5.85. The number of thioether (sulfide) groups is 1. The van der Waals surface area contributed by atoms with E-state index < -0.39 is 0 Å². The summed E-state index contributed by atoms with van der Waals surface area (Å²) in [6, 6.07) is 8.58. The van der Waals surface area contributed by atoms with Crippen LogP contribution in [0.25, 0.3) is 10.9 Å². The van der Waals surface area contributed by atoms with E-state index in [0.29, 0.717) is 23.0 Å². The second-order valence-corrected chi connectivity index (χ2v) is 8.10. The number of rotatable bonds is 6. The van der Waals surface area contributed by atoms with Crippen molar-refractivity contribution in [3.63, 3.8) is 0 Å². The molecular formula is C18H22N8S. The van der Waals surface area contributed by atoms with Crippen molar-refractivity contribution in [2.75, 3.05) is 30.0 Å². The summed E-state index contributed by atoms with van der Waals surface area (Å²) in [5.74, 6) is 2.26. The highest BCUT2D eigenvalue weighted by Gasteiger charge is 2.23. The highest BCUT2D eigenvalue weighted by molar-refractivity contribution is 7.99. The lowest BCUT2D eigenvalue weighted by molar-refractivity contribution is 0.859. The summed E-state index contributed by atoms with van der Waals surface area (Å²) in [7, 11) is 3.75. The van der Waals surface area contributed by atoms with Gasteiger partial charge in [-0.25, -0.2) is 9.97 Å². The lowest BCUT2D eigenvalue weighted by Crippen LogP contribution is -2.16. The normalized spacial score (nSPS) is 14.9. The molecule has 0 amide bonds. The first-order valence-corrected chi connectivity index (χ1v) is 9.76. The molecule has 1 fully saturated rings. The van der Waals surface area contributed by atoms with Crippen LogP contribution >= 0.6 is 11.8 Å². The Balaban J connectivity index is 1.64. The number of benzene rings is 1. The third kappa shape index (κ3) is 4.02. The number of aromatic nitrogens is 5. The molecule has 9 heteroatoms. The van der Waals surface area contributed by atoms with Gasteiger partial charge < -0.3 is 16.0 Å². The van der Waals surface area contributed by atoms with Crippen molar-refractivity contribution < 1.29 is 0 Å². The molecule has 2 heterocycles. The van der Waals surface area contributed by atoms with Crippen LogP contribution in [0.3, 0.4) is 0 Å². The minimum Gasteiger partial charge on any atom is -0.368 e. The van der Waals surface area contributed by atoms with Gasteiger partial charge in [0.25, 0.3) is 0 Å². The maximum Gasteiger partial charge on any atom is 0.229 e. The number of hydrogen-bond acceptors (Lipinski definition) is 9.